The highest BCUT2D eigenvalue weighted by atomic mass is 16.4. The number of aliphatic hydroxyl groups excluding tert-OH is 1. The first kappa shape index (κ1) is 24.5. The number of hydrogen-bond acceptors (Lipinski definition) is 7. The Kier molecular flexibility index (Phi) is 8.34. The maximum atomic E-state index is 13.2. The summed E-state index contributed by atoms with van der Waals surface area (Å²) < 4.78 is 0. The Balaban J connectivity index is 2.08. The molecule has 0 aromatic carbocycles. The number of nitrogens with one attached hydrogen (secondary N) is 1. The van der Waals surface area contributed by atoms with E-state index in [1.807, 2.05) is 0 Å². The van der Waals surface area contributed by atoms with Crippen LogP contribution in [0.15, 0.2) is 0 Å². The second-order valence-electron chi connectivity index (χ2n) is 8.05. The molecule has 2 aliphatic rings. The molecule has 12 nitrogen and oxygen atoms in total. The van der Waals surface area contributed by atoms with E-state index < -0.39 is 59.9 Å². The summed E-state index contributed by atoms with van der Waals surface area (Å²) in [4.78, 5) is 63.5. The van der Waals surface area contributed by atoms with Crippen LogP contribution >= 0.6 is 0 Å². The van der Waals surface area contributed by atoms with Crippen molar-refractivity contribution in [2.45, 2.75) is 75.7 Å². The molecule has 0 spiro atoms. The molecule has 5 atom stereocenters. The molecule has 2 heterocycles. The number of amides is 4. The van der Waals surface area contributed by atoms with Crippen molar-refractivity contribution in [3.8, 4) is 0 Å². The molecule has 12 heteroatoms. The highest BCUT2D eigenvalue weighted by Gasteiger charge is 2.43. The van der Waals surface area contributed by atoms with Crippen LogP contribution in [0.1, 0.15) is 45.4 Å². The van der Waals surface area contributed by atoms with Gasteiger partial charge in [-0.1, -0.05) is 0 Å². The SMILES string of the molecule is CC(O)C(N)C(=O)N1CCCC1C(=O)N1CCCC1C(=O)NC(CCC(N)=O)C(=O)O. The van der Waals surface area contributed by atoms with Crippen molar-refractivity contribution >= 4 is 29.6 Å². The Morgan fingerprint density at radius 2 is 1.65 bits per heavy atom. The van der Waals surface area contributed by atoms with E-state index in [2.05, 4.69) is 5.32 Å². The van der Waals surface area contributed by atoms with Crippen LogP contribution in [0.3, 0.4) is 0 Å². The number of aliphatic carboxylic acids is 1. The van der Waals surface area contributed by atoms with Gasteiger partial charge in [0.15, 0.2) is 0 Å². The van der Waals surface area contributed by atoms with Crippen molar-refractivity contribution in [1.82, 2.24) is 15.1 Å². The van der Waals surface area contributed by atoms with Gasteiger partial charge in [0, 0.05) is 19.5 Å². The molecule has 2 fully saturated rings. The van der Waals surface area contributed by atoms with Gasteiger partial charge >= 0.3 is 5.97 Å². The topological polar surface area (TPSA) is 196 Å². The molecule has 0 saturated carbocycles. The first-order valence-corrected chi connectivity index (χ1v) is 10.4. The number of carbonyl (C=O) groups excluding carboxylic acids is 4. The average Bonchev–Trinajstić information content (AvgIpc) is 3.38. The van der Waals surface area contributed by atoms with Crippen LogP contribution in [0.25, 0.3) is 0 Å². The van der Waals surface area contributed by atoms with Crippen LogP contribution in [0.4, 0.5) is 0 Å². The summed E-state index contributed by atoms with van der Waals surface area (Å²) in [5.41, 5.74) is 10.8. The number of hydrogen-bond donors (Lipinski definition) is 5. The highest BCUT2D eigenvalue weighted by Crippen LogP contribution is 2.25. The molecule has 0 bridgehead atoms. The van der Waals surface area contributed by atoms with E-state index in [1.165, 1.54) is 16.7 Å². The minimum Gasteiger partial charge on any atom is -0.480 e. The van der Waals surface area contributed by atoms with Crippen LogP contribution < -0.4 is 16.8 Å². The third kappa shape index (κ3) is 5.91. The van der Waals surface area contributed by atoms with Crippen molar-refractivity contribution < 1.29 is 34.2 Å². The smallest absolute Gasteiger partial charge is 0.326 e. The van der Waals surface area contributed by atoms with Gasteiger partial charge in [-0.25, -0.2) is 4.79 Å². The Morgan fingerprint density at radius 1 is 1.06 bits per heavy atom. The van der Waals surface area contributed by atoms with Crippen molar-refractivity contribution in [3.63, 3.8) is 0 Å². The Hall–Kier alpha value is -2.73. The van der Waals surface area contributed by atoms with Crippen LogP contribution in [0.2, 0.25) is 0 Å². The predicted octanol–water partition coefficient (Wildman–Crippen LogP) is -2.49. The number of likely N-dealkylation sites (tertiary alicyclic amines) is 2. The third-order valence-electron chi connectivity index (χ3n) is 5.76. The predicted molar refractivity (Wildman–Crippen MR) is 107 cm³/mol. The lowest BCUT2D eigenvalue weighted by Crippen LogP contribution is -2.57. The number of carboxylic acids is 1. The second kappa shape index (κ2) is 10.5. The van der Waals surface area contributed by atoms with E-state index in [9.17, 15) is 34.2 Å². The summed E-state index contributed by atoms with van der Waals surface area (Å²) in [7, 11) is 0. The van der Waals surface area contributed by atoms with E-state index in [-0.39, 0.29) is 12.8 Å². The molecule has 0 radical (unpaired) electrons. The zero-order valence-electron chi connectivity index (χ0n) is 17.5. The van der Waals surface area contributed by atoms with Crippen LogP contribution in [0.5, 0.6) is 0 Å². The van der Waals surface area contributed by atoms with Crippen LogP contribution in [0, 0.1) is 0 Å². The van der Waals surface area contributed by atoms with Gasteiger partial charge in [-0.15, -0.1) is 0 Å². The first-order chi connectivity index (χ1) is 14.5. The van der Waals surface area contributed by atoms with Gasteiger partial charge in [0.1, 0.15) is 24.2 Å². The molecule has 2 aliphatic heterocycles. The fourth-order valence-corrected chi connectivity index (χ4v) is 3.99. The van der Waals surface area contributed by atoms with Crippen molar-refractivity contribution in [2.75, 3.05) is 13.1 Å². The van der Waals surface area contributed by atoms with E-state index in [0.717, 1.165) is 0 Å². The van der Waals surface area contributed by atoms with Gasteiger partial charge in [0.25, 0.3) is 0 Å². The summed E-state index contributed by atoms with van der Waals surface area (Å²) >= 11 is 0. The Bertz CT molecular complexity index is 728. The summed E-state index contributed by atoms with van der Waals surface area (Å²) in [5, 5.41) is 21.3. The van der Waals surface area contributed by atoms with E-state index in [4.69, 9.17) is 11.5 Å². The van der Waals surface area contributed by atoms with E-state index in [0.29, 0.717) is 38.8 Å². The van der Waals surface area contributed by atoms with Crippen molar-refractivity contribution in [3.05, 3.63) is 0 Å². The molecule has 174 valence electrons. The van der Waals surface area contributed by atoms with E-state index in [1.54, 1.807) is 0 Å². The number of rotatable bonds is 9. The number of aliphatic hydroxyl groups is 1. The monoisotopic (exact) mass is 441 g/mol. The molecule has 0 aromatic heterocycles. The maximum Gasteiger partial charge on any atom is 0.326 e. The fourth-order valence-electron chi connectivity index (χ4n) is 3.99. The number of carbonyl (C=O) groups is 5. The van der Waals surface area contributed by atoms with Gasteiger partial charge < -0.3 is 36.8 Å². The number of primary amides is 1. The summed E-state index contributed by atoms with van der Waals surface area (Å²) in [6.45, 7) is 2.03. The van der Waals surface area contributed by atoms with Crippen LogP contribution in [-0.2, 0) is 24.0 Å². The molecular formula is C19H31N5O7. The van der Waals surface area contributed by atoms with Crippen LogP contribution in [-0.4, -0.2) is 93.0 Å². The molecule has 4 amide bonds. The molecular weight excluding hydrogens is 410 g/mol. The molecule has 7 N–H and O–H groups in total. The molecule has 31 heavy (non-hydrogen) atoms. The molecule has 2 saturated heterocycles. The zero-order valence-corrected chi connectivity index (χ0v) is 17.5. The highest BCUT2D eigenvalue weighted by molar-refractivity contribution is 5.95. The van der Waals surface area contributed by atoms with Crippen molar-refractivity contribution in [1.29, 1.82) is 0 Å². The zero-order chi connectivity index (χ0) is 23.3. The lowest BCUT2D eigenvalue weighted by molar-refractivity contribution is -0.149. The fraction of sp³-hybridized carbons (Fsp3) is 0.737. The summed E-state index contributed by atoms with van der Waals surface area (Å²) in [5.74, 6) is -3.53. The van der Waals surface area contributed by atoms with Gasteiger partial charge in [0.2, 0.25) is 23.6 Å². The summed E-state index contributed by atoms with van der Waals surface area (Å²) in [6, 6.07) is -4.10. The normalized spacial score (nSPS) is 23.8. The second-order valence-corrected chi connectivity index (χ2v) is 8.05. The Morgan fingerprint density at radius 3 is 2.19 bits per heavy atom. The number of nitrogens with two attached hydrogens (primary N) is 2. The lowest BCUT2D eigenvalue weighted by Gasteiger charge is -2.32. The minimum atomic E-state index is -1.30. The quantitative estimate of drug-likeness (QED) is 0.259. The van der Waals surface area contributed by atoms with Gasteiger partial charge in [-0.2, -0.15) is 0 Å². The Labute approximate surface area is 179 Å². The molecule has 0 aromatic rings. The van der Waals surface area contributed by atoms with Gasteiger partial charge in [-0.3, -0.25) is 19.2 Å². The van der Waals surface area contributed by atoms with Gasteiger partial charge in [-0.05, 0) is 39.0 Å². The van der Waals surface area contributed by atoms with E-state index >= 15 is 0 Å². The van der Waals surface area contributed by atoms with Crippen molar-refractivity contribution in [2.24, 2.45) is 11.5 Å². The molecule has 5 unspecified atom stereocenters. The lowest BCUT2D eigenvalue weighted by atomic mass is 10.1. The molecule has 2 rings (SSSR count). The van der Waals surface area contributed by atoms with Gasteiger partial charge in [0.05, 0.1) is 6.10 Å². The maximum absolute atomic E-state index is 13.2. The standard InChI is InChI=1S/C19H31N5O7/c1-10(25)15(21)18(29)24-9-3-5-13(24)17(28)23-8-2-4-12(23)16(27)22-11(19(30)31)6-7-14(20)26/h10-13,15,25H,2-9,21H2,1H3,(H2,20,26)(H,22,27)(H,30,31). The number of carboxylic acid groups (broad SMARTS) is 1. The average molecular weight is 441 g/mol. The first-order valence-electron chi connectivity index (χ1n) is 10.4. The number of nitrogens with zero attached hydrogens (tertiary/aromatic N) is 2. The summed E-state index contributed by atoms with van der Waals surface area (Å²) in [6.07, 6.45) is 0.491. The third-order valence-corrected chi connectivity index (χ3v) is 5.76. The molecule has 0 aliphatic carbocycles. The minimum absolute atomic E-state index is 0.154. The largest absolute Gasteiger partial charge is 0.480 e.